The predicted octanol–water partition coefficient (Wildman–Crippen LogP) is 4.78. The Hall–Kier alpha value is -4.06. The average molecular weight is 406 g/mol. The van der Waals surface area contributed by atoms with Crippen molar-refractivity contribution in [3.63, 3.8) is 0 Å². The van der Waals surface area contributed by atoms with E-state index >= 15 is 0 Å². The first-order valence-electron chi connectivity index (χ1n) is 10.3. The van der Waals surface area contributed by atoms with Crippen molar-refractivity contribution in [2.45, 2.75) is 19.5 Å². The molecule has 6 heteroatoms. The third-order valence-electron chi connectivity index (χ3n) is 5.20. The smallest absolute Gasteiger partial charge is 0.184 e. The van der Waals surface area contributed by atoms with Gasteiger partial charge in [0.05, 0.1) is 12.6 Å². The molecule has 31 heavy (non-hydrogen) atoms. The molecule has 5 rings (SSSR count). The first-order valence-corrected chi connectivity index (χ1v) is 10.3. The fourth-order valence-corrected chi connectivity index (χ4v) is 3.72. The van der Waals surface area contributed by atoms with Crippen LogP contribution in [0.3, 0.4) is 0 Å². The third-order valence-corrected chi connectivity index (χ3v) is 5.20. The third kappa shape index (κ3) is 4.00. The molecule has 0 aliphatic carbocycles. The molecule has 0 aliphatic rings. The highest BCUT2D eigenvalue weighted by molar-refractivity contribution is 5.82. The standard InChI is InChI=1S/C25H22N6/c1-18-26-24(23-25(27-18)31(30-29-23)17-19-11-5-2-6-12-19)28-22(20-13-7-3-8-14-20)21-15-9-4-10-16-21/h2-16,22H,17H2,1H3,(H,26,27,28). The number of fused-ring (bicyclic) bond motifs is 1. The molecule has 0 fully saturated rings. The number of nitrogens with zero attached hydrogens (tertiary/aromatic N) is 5. The van der Waals surface area contributed by atoms with E-state index in [1.807, 2.05) is 66.2 Å². The predicted molar refractivity (Wildman–Crippen MR) is 122 cm³/mol. The molecule has 0 radical (unpaired) electrons. The molecular weight excluding hydrogens is 384 g/mol. The monoisotopic (exact) mass is 406 g/mol. The Morgan fingerprint density at radius 2 is 1.35 bits per heavy atom. The Balaban J connectivity index is 1.56. The Morgan fingerprint density at radius 3 is 1.97 bits per heavy atom. The van der Waals surface area contributed by atoms with Gasteiger partial charge in [-0.3, -0.25) is 0 Å². The van der Waals surface area contributed by atoms with E-state index in [-0.39, 0.29) is 6.04 Å². The quantitative estimate of drug-likeness (QED) is 0.439. The van der Waals surface area contributed by atoms with Crippen molar-refractivity contribution in [2.75, 3.05) is 5.32 Å². The van der Waals surface area contributed by atoms with E-state index in [0.29, 0.717) is 23.7 Å². The molecule has 2 aromatic heterocycles. The van der Waals surface area contributed by atoms with Crippen molar-refractivity contribution in [1.29, 1.82) is 0 Å². The Morgan fingerprint density at radius 1 is 0.774 bits per heavy atom. The number of rotatable bonds is 6. The van der Waals surface area contributed by atoms with Crippen LogP contribution in [0.1, 0.15) is 28.6 Å². The van der Waals surface area contributed by atoms with Crippen LogP contribution in [0.2, 0.25) is 0 Å². The van der Waals surface area contributed by atoms with E-state index in [1.165, 1.54) is 0 Å². The molecule has 0 saturated carbocycles. The Kier molecular flexibility index (Phi) is 5.10. The summed E-state index contributed by atoms with van der Waals surface area (Å²) in [5.74, 6) is 1.35. The number of hydrogen-bond donors (Lipinski definition) is 1. The van der Waals surface area contributed by atoms with Gasteiger partial charge in [0.1, 0.15) is 5.82 Å². The second-order valence-corrected chi connectivity index (χ2v) is 7.42. The first-order chi connectivity index (χ1) is 15.3. The molecule has 5 aromatic rings. The second kappa shape index (κ2) is 8.36. The summed E-state index contributed by atoms with van der Waals surface area (Å²) in [6.07, 6.45) is 0. The number of nitrogens with one attached hydrogen (secondary N) is 1. The van der Waals surface area contributed by atoms with E-state index < -0.39 is 0 Å². The molecule has 0 amide bonds. The molecule has 6 nitrogen and oxygen atoms in total. The second-order valence-electron chi connectivity index (χ2n) is 7.42. The van der Waals surface area contributed by atoms with E-state index in [1.54, 1.807) is 0 Å². The van der Waals surface area contributed by atoms with Crippen molar-refractivity contribution < 1.29 is 0 Å². The van der Waals surface area contributed by atoms with Gasteiger partial charge in [-0.1, -0.05) is 96.2 Å². The highest BCUT2D eigenvalue weighted by Gasteiger charge is 2.19. The molecule has 0 unspecified atom stereocenters. The number of hydrogen-bond acceptors (Lipinski definition) is 5. The molecule has 0 spiro atoms. The van der Waals surface area contributed by atoms with Crippen molar-refractivity contribution in [3.05, 3.63) is 114 Å². The average Bonchev–Trinajstić information content (AvgIpc) is 3.21. The zero-order valence-electron chi connectivity index (χ0n) is 17.2. The molecular formula is C25H22N6. The van der Waals surface area contributed by atoms with Gasteiger partial charge in [-0.2, -0.15) is 0 Å². The van der Waals surface area contributed by atoms with E-state index in [4.69, 9.17) is 0 Å². The van der Waals surface area contributed by atoms with Crippen molar-refractivity contribution in [1.82, 2.24) is 25.0 Å². The van der Waals surface area contributed by atoms with Gasteiger partial charge in [0.15, 0.2) is 17.0 Å². The fourth-order valence-electron chi connectivity index (χ4n) is 3.72. The van der Waals surface area contributed by atoms with Gasteiger partial charge in [0, 0.05) is 0 Å². The molecule has 0 atom stereocenters. The number of aromatic nitrogens is 5. The van der Waals surface area contributed by atoms with Crippen LogP contribution < -0.4 is 5.32 Å². The zero-order chi connectivity index (χ0) is 21.0. The first kappa shape index (κ1) is 18.9. The lowest BCUT2D eigenvalue weighted by Gasteiger charge is -2.20. The lowest BCUT2D eigenvalue weighted by atomic mass is 9.99. The molecule has 0 saturated heterocycles. The lowest BCUT2D eigenvalue weighted by Crippen LogP contribution is -2.14. The minimum absolute atomic E-state index is 0.0702. The maximum atomic E-state index is 4.67. The van der Waals surface area contributed by atoms with Crippen LogP contribution >= 0.6 is 0 Å². The molecule has 0 aliphatic heterocycles. The van der Waals surface area contributed by atoms with Crippen molar-refractivity contribution in [2.24, 2.45) is 0 Å². The summed E-state index contributed by atoms with van der Waals surface area (Å²) in [5, 5.41) is 12.4. The highest BCUT2D eigenvalue weighted by atomic mass is 15.4. The van der Waals surface area contributed by atoms with Crippen LogP contribution in [0.5, 0.6) is 0 Å². The van der Waals surface area contributed by atoms with Gasteiger partial charge in [-0.15, -0.1) is 5.10 Å². The highest BCUT2D eigenvalue weighted by Crippen LogP contribution is 2.28. The van der Waals surface area contributed by atoms with Gasteiger partial charge in [0.2, 0.25) is 0 Å². The maximum absolute atomic E-state index is 4.67. The minimum atomic E-state index is -0.0702. The minimum Gasteiger partial charge on any atom is -0.357 e. The summed E-state index contributed by atoms with van der Waals surface area (Å²) in [6, 6.07) is 30.8. The lowest BCUT2D eigenvalue weighted by molar-refractivity contribution is 0.663. The van der Waals surface area contributed by atoms with Crippen molar-refractivity contribution in [3.8, 4) is 0 Å². The Labute approximate surface area is 180 Å². The molecule has 152 valence electrons. The topological polar surface area (TPSA) is 68.5 Å². The van der Waals surface area contributed by atoms with Gasteiger partial charge >= 0.3 is 0 Å². The van der Waals surface area contributed by atoms with Crippen LogP contribution in [0.4, 0.5) is 5.82 Å². The summed E-state index contributed by atoms with van der Waals surface area (Å²) >= 11 is 0. The van der Waals surface area contributed by atoms with Crippen LogP contribution in [-0.2, 0) is 6.54 Å². The largest absolute Gasteiger partial charge is 0.357 e. The van der Waals surface area contributed by atoms with Crippen LogP contribution in [0, 0.1) is 6.92 Å². The number of anilines is 1. The van der Waals surface area contributed by atoms with Gasteiger partial charge in [0.25, 0.3) is 0 Å². The normalized spacial score (nSPS) is 11.2. The van der Waals surface area contributed by atoms with Gasteiger partial charge in [-0.05, 0) is 23.6 Å². The number of benzene rings is 3. The van der Waals surface area contributed by atoms with E-state index in [0.717, 1.165) is 22.3 Å². The van der Waals surface area contributed by atoms with Gasteiger partial charge < -0.3 is 5.32 Å². The van der Waals surface area contributed by atoms with Gasteiger partial charge in [-0.25, -0.2) is 14.6 Å². The number of aryl methyl sites for hydroxylation is 1. The van der Waals surface area contributed by atoms with Crippen LogP contribution in [0.15, 0.2) is 91.0 Å². The summed E-state index contributed by atoms with van der Waals surface area (Å²) in [6.45, 7) is 2.50. The van der Waals surface area contributed by atoms with E-state index in [2.05, 4.69) is 62.0 Å². The van der Waals surface area contributed by atoms with Crippen LogP contribution in [0.25, 0.3) is 11.2 Å². The van der Waals surface area contributed by atoms with Crippen LogP contribution in [-0.4, -0.2) is 25.0 Å². The van der Waals surface area contributed by atoms with Crippen molar-refractivity contribution >= 4 is 17.0 Å². The molecule has 1 N–H and O–H groups in total. The fraction of sp³-hybridized carbons (Fsp3) is 0.120. The zero-order valence-corrected chi connectivity index (χ0v) is 17.2. The SMILES string of the molecule is Cc1nc(NC(c2ccccc2)c2ccccc2)c2nnn(Cc3ccccc3)c2n1. The summed E-state index contributed by atoms with van der Waals surface area (Å²) in [7, 11) is 0. The molecule has 2 heterocycles. The Bertz CT molecular complexity index is 1240. The maximum Gasteiger partial charge on any atom is 0.184 e. The summed E-state index contributed by atoms with van der Waals surface area (Å²) < 4.78 is 1.82. The van der Waals surface area contributed by atoms with E-state index in [9.17, 15) is 0 Å². The molecule has 3 aromatic carbocycles. The summed E-state index contributed by atoms with van der Waals surface area (Å²) in [5.41, 5.74) is 4.83. The molecule has 0 bridgehead atoms. The summed E-state index contributed by atoms with van der Waals surface area (Å²) in [4.78, 5) is 9.31.